The van der Waals surface area contributed by atoms with Crippen LogP contribution in [0.5, 0.6) is 0 Å². The lowest BCUT2D eigenvalue weighted by molar-refractivity contribution is 0.0394. The molecule has 3 heterocycles. The zero-order valence-electron chi connectivity index (χ0n) is 18.3. The number of carbonyl (C=O) groups excluding carboxylic acids is 2. The highest BCUT2D eigenvalue weighted by Gasteiger charge is 2.29. The summed E-state index contributed by atoms with van der Waals surface area (Å²) in [7, 11) is 0. The Bertz CT molecular complexity index is 1150. The van der Waals surface area contributed by atoms with Gasteiger partial charge in [0.2, 0.25) is 5.91 Å². The lowest BCUT2D eigenvalue weighted by Gasteiger charge is -2.32. The predicted molar refractivity (Wildman–Crippen MR) is 125 cm³/mol. The van der Waals surface area contributed by atoms with Gasteiger partial charge in [-0.05, 0) is 54.1 Å². The summed E-state index contributed by atoms with van der Waals surface area (Å²) in [6.45, 7) is 5.16. The number of carbonyl (C=O) groups is 2. The number of ether oxygens (including phenoxy) is 1. The second-order valence-corrected chi connectivity index (χ2v) is 8.16. The lowest BCUT2D eigenvalue weighted by atomic mass is 9.98. The molecule has 0 unspecified atom stereocenters. The Morgan fingerprint density at radius 3 is 2.58 bits per heavy atom. The van der Waals surface area contributed by atoms with Crippen LogP contribution in [0.15, 0.2) is 59.2 Å². The standard InChI is InChI=1S/C25H26N4O4/c26-24(30)17-3-5-18(6-4-17)29(10-9-28-11-14-32-15-12-28)21-8-7-19(22-2-1-13-33-22)20-16-27-25(31)23(20)21/h1-8,13H,9-12,14-16H2,(H2,26,30)(H,27,31). The van der Waals surface area contributed by atoms with E-state index >= 15 is 0 Å². The first-order valence-electron chi connectivity index (χ1n) is 11.1. The van der Waals surface area contributed by atoms with Gasteiger partial charge in [0.15, 0.2) is 0 Å². The number of fused-ring (bicyclic) bond motifs is 1. The van der Waals surface area contributed by atoms with Gasteiger partial charge in [-0.3, -0.25) is 14.5 Å². The van der Waals surface area contributed by atoms with Crippen LogP contribution in [0.2, 0.25) is 0 Å². The van der Waals surface area contributed by atoms with Crippen molar-refractivity contribution in [3.63, 3.8) is 0 Å². The van der Waals surface area contributed by atoms with Gasteiger partial charge in [-0.1, -0.05) is 0 Å². The average molecular weight is 447 g/mol. The van der Waals surface area contributed by atoms with Gasteiger partial charge in [0, 0.05) is 49.5 Å². The number of nitrogens with two attached hydrogens (primary N) is 1. The second-order valence-electron chi connectivity index (χ2n) is 8.16. The molecule has 1 fully saturated rings. The number of furan rings is 1. The Balaban J connectivity index is 1.55. The van der Waals surface area contributed by atoms with E-state index in [1.165, 1.54) is 0 Å². The van der Waals surface area contributed by atoms with Crippen LogP contribution in [0.1, 0.15) is 26.3 Å². The highest BCUT2D eigenvalue weighted by molar-refractivity contribution is 6.06. The number of nitrogens with one attached hydrogen (secondary N) is 1. The minimum absolute atomic E-state index is 0.0986. The molecular formula is C25H26N4O4. The van der Waals surface area contributed by atoms with Crippen molar-refractivity contribution in [1.82, 2.24) is 10.2 Å². The lowest BCUT2D eigenvalue weighted by Crippen LogP contribution is -2.40. The van der Waals surface area contributed by atoms with Crippen LogP contribution in [-0.2, 0) is 11.3 Å². The Morgan fingerprint density at radius 2 is 1.88 bits per heavy atom. The molecule has 170 valence electrons. The van der Waals surface area contributed by atoms with Gasteiger partial charge >= 0.3 is 0 Å². The first-order valence-corrected chi connectivity index (χ1v) is 11.1. The van der Waals surface area contributed by atoms with E-state index in [0.717, 1.165) is 61.1 Å². The topological polar surface area (TPSA) is 101 Å². The quantitative estimate of drug-likeness (QED) is 0.579. The fraction of sp³-hybridized carbons (Fsp3) is 0.280. The third-order valence-corrected chi connectivity index (χ3v) is 6.23. The third-order valence-electron chi connectivity index (χ3n) is 6.23. The number of rotatable bonds is 7. The van der Waals surface area contributed by atoms with E-state index in [-0.39, 0.29) is 5.91 Å². The molecule has 8 heteroatoms. The monoisotopic (exact) mass is 446 g/mol. The van der Waals surface area contributed by atoms with Crippen LogP contribution in [0.25, 0.3) is 11.3 Å². The SMILES string of the molecule is NC(=O)c1ccc(N(CCN2CCOCC2)c2ccc(-c3ccco3)c3c2C(=O)NC3)cc1. The molecule has 2 aromatic carbocycles. The van der Waals surface area contributed by atoms with Gasteiger partial charge in [-0.15, -0.1) is 0 Å². The summed E-state index contributed by atoms with van der Waals surface area (Å²) in [4.78, 5) is 29.0. The first-order chi connectivity index (χ1) is 16.1. The summed E-state index contributed by atoms with van der Waals surface area (Å²) in [6.07, 6.45) is 1.63. The predicted octanol–water partition coefficient (Wildman–Crippen LogP) is 2.76. The Kier molecular flexibility index (Phi) is 5.85. The summed E-state index contributed by atoms with van der Waals surface area (Å²) < 4.78 is 11.1. The van der Waals surface area contributed by atoms with E-state index in [2.05, 4.69) is 15.1 Å². The van der Waals surface area contributed by atoms with Crippen molar-refractivity contribution in [2.75, 3.05) is 44.3 Å². The number of anilines is 2. The van der Waals surface area contributed by atoms with Crippen LogP contribution in [0.4, 0.5) is 11.4 Å². The van der Waals surface area contributed by atoms with Gasteiger partial charge < -0.3 is 25.1 Å². The molecule has 5 rings (SSSR count). The molecular weight excluding hydrogens is 420 g/mol. The molecule has 8 nitrogen and oxygen atoms in total. The van der Waals surface area contributed by atoms with E-state index in [1.54, 1.807) is 18.4 Å². The van der Waals surface area contributed by atoms with Crippen molar-refractivity contribution >= 4 is 23.2 Å². The highest BCUT2D eigenvalue weighted by Crippen LogP contribution is 2.38. The molecule has 0 bridgehead atoms. The van der Waals surface area contributed by atoms with E-state index in [1.807, 2.05) is 36.4 Å². The van der Waals surface area contributed by atoms with Gasteiger partial charge in [0.1, 0.15) is 5.76 Å². The minimum atomic E-state index is -0.468. The number of hydrogen-bond donors (Lipinski definition) is 2. The molecule has 3 aromatic rings. The van der Waals surface area contributed by atoms with Crippen LogP contribution in [0, 0.1) is 0 Å². The fourth-order valence-corrected chi connectivity index (χ4v) is 4.48. The maximum atomic E-state index is 12.9. The molecule has 0 spiro atoms. The molecule has 1 aromatic heterocycles. The molecule has 0 aliphatic carbocycles. The van der Waals surface area contributed by atoms with Crippen LogP contribution < -0.4 is 16.0 Å². The molecule has 1 saturated heterocycles. The van der Waals surface area contributed by atoms with Gasteiger partial charge in [0.25, 0.3) is 5.91 Å². The van der Waals surface area contributed by atoms with Crippen LogP contribution in [0.3, 0.4) is 0 Å². The van der Waals surface area contributed by atoms with Crippen molar-refractivity contribution in [3.8, 4) is 11.3 Å². The van der Waals surface area contributed by atoms with Gasteiger partial charge in [0.05, 0.1) is 30.7 Å². The Morgan fingerprint density at radius 1 is 1.09 bits per heavy atom. The summed E-state index contributed by atoms with van der Waals surface area (Å²) in [5.41, 5.74) is 10.1. The zero-order chi connectivity index (χ0) is 22.8. The fourth-order valence-electron chi connectivity index (χ4n) is 4.48. The highest BCUT2D eigenvalue weighted by atomic mass is 16.5. The summed E-state index contributed by atoms with van der Waals surface area (Å²) in [5.74, 6) is 0.169. The summed E-state index contributed by atoms with van der Waals surface area (Å²) in [5, 5.41) is 2.97. The molecule has 2 amide bonds. The largest absolute Gasteiger partial charge is 0.464 e. The number of benzene rings is 2. The van der Waals surface area contributed by atoms with Crippen molar-refractivity contribution in [2.24, 2.45) is 5.73 Å². The number of amides is 2. The van der Waals surface area contributed by atoms with E-state index in [0.29, 0.717) is 24.2 Å². The van der Waals surface area contributed by atoms with Crippen molar-refractivity contribution in [3.05, 3.63) is 71.5 Å². The minimum Gasteiger partial charge on any atom is -0.464 e. The van der Waals surface area contributed by atoms with Crippen molar-refractivity contribution < 1.29 is 18.7 Å². The number of hydrogen-bond acceptors (Lipinski definition) is 6. The van der Waals surface area contributed by atoms with Gasteiger partial charge in [-0.25, -0.2) is 0 Å². The van der Waals surface area contributed by atoms with Crippen molar-refractivity contribution in [2.45, 2.75) is 6.54 Å². The normalized spacial score (nSPS) is 15.8. The smallest absolute Gasteiger partial charge is 0.254 e. The second kappa shape index (κ2) is 9.09. The molecule has 33 heavy (non-hydrogen) atoms. The zero-order valence-corrected chi connectivity index (χ0v) is 18.3. The van der Waals surface area contributed by atoms with E-state index < -0.39 is 5.91 Å². The summed E-state index contributed by atoms with van der Waals surface area (Å²) in [6, 6.07) is 14.9. The molecule has 0 atom stereocenters. The molecule has 3 N–H and O–H groups in total. The number of nitrogens with zero attached hydrogens (tertiary/aromatic N) is 2. The molecule has 2 aliphatic heterocycles. The maximum Gasteiger partial charge on any atom is 0.254 e. The van der Waals surface area contributed by atoms with E-state index in [4.69, 9.17) is 14.9 Å². The van der Waals surface area contributed by atoms with Crippen LogP contribution in [-0.4, -0.2) is 56.1 Å². The Labute approximate surface area is 191 Å². The van der Waals surface area contributed by atoms with Crippen molar-refractivity contribution in [1.29, 1.82) is 0 Å². The summed E-state index contributed by atoms with van der Waals surface area (Å²) >= 11 is 0. The molecule has 0 radical (unpaired) electrons. The third kappa shape index (κ3) is 4.22. The number of morpholine rings is 1. The van der Waals surface area contributed by atoms with Crippen LogP contribution >= 0.6 is 0 Å². The Hall–Kier alpha value is -3.62. The average Bonchev–Trinajstić information content (AvgIpc) is 3.51. The maximum absolute atomic E-state index is 12.9. The first kappa shape index (κ1) is 21.2. The molecule has 2 aliphatic rings. The molecule has 0 saturated carbocycles. The van der Waals surface area contributed by atoms with E-state index in [9.17, 15) is 9.59 Å². The van der Waals surface area contributed by atoms with Gasteiger partial charge in [-0.2, -0.15) is 0 Å². The number of primary amides is 1.